The van der Waals surface area contributed by atoms with Crippen LogP contribution in [0.4, 0.5) is 22.0 Å². The molecule has 0 aliphatic rings. The summed E-state index contributed by atoms with van der Waals surface area (Å²) >= 11 is 0. The fourth-order valence-electron chi connectivity index (χ4n) is 0.851. The van der Waals surface area contributed by atoms with Crippen LogP contribution in [0.3, 0.4) is 0 Å². The Morgan fingerprint density at radius 1 is 1.07 bits per heavy atom. The van der Waals surface area contributed by atoms with Crippen LogP contribution in [0.15, 0.2) is 0 Å². The zero-order valence-corrected chi connectivity index (χ0v) is 7.63. The molecule has 0 atom stereocenters. The minimum Gasteiger partial charge on any atom is -0.293 e. The highest BCUT2D eigenvalue weighted by molar-refractivity contribution is 5.86. The number of unbranched alkanes of at least 4 members (excludes halogenated alkanes) is 2. The van der Waals surface area contributed by atoms with Crippen LogP contribution in [0.2, 0.25) is 0 Å². The molecule has 6 heteroatoms. The van der Waals surface area contributed by atoms with Gasteiger partial charge in [0.25, 0.3) is 0 Å². The molecule has 0 aromatic carbocycles. The third kappa shape index (κ3) is 3.23. The normalized spacial score (nSPS) is 13.0. The molecule has 0 N–H and O–H groups in total. The van der Waals surface area contributed by atoms with E-state index in [1.165, 1.54) is 0 Å². The highest BCUT2D eigenvalue weighted by Gasteiger charge is 2.62. The first-order chi connectivity index (χ1) is 6.23. The van der Waals surface area contributed by atoms with E-state index in [4.69, 9.17) is 0 Å². The molecule has 0 heterocycles. The van der Waals surface area contributed by atoms with Gasteiger partial charge < -0.3 is 0 Å². The summed E-state index contributed by atoms with van der Waals surface area (Å²) in [6.45, 7) is 1.76. The second kappa shape index (κ2) is 4.70. The Morgan fingerprint density at radius 2 is 1.57 bits per heavy atom. The molecule has 0 aliphatic carbocycles. The summed E-state index contributed by atoms with van der Waals surface area (Å²) in [6.07, 6.45) is -5.29. The first-order valence-electron chi connectivity index (χ1n) is 4.21. The molecule has 0 bridgehead atoms. The Bertz CT molecular complexity index is 196. The molecule has 0 rings (SSSR count). The zero-order valence-electron chi connectivity index (χ0n) is 7.63. The lowest BCUT2D eigenvalue weighted by atomic mass is 10.1. The summed E-state index contributed by atoms with van der Waals surface area (Å²) in [5, 5.41) is 0. The molecule has 14 heavy (non-hydrogen) atoms. The molecule has 0 aliphatic heterocycles. The molecule has 0 amide bonds. The summed E-state index contributed by atoms with van der Waals surface area (Å²) in [7, 11) is 0. The maximum atomic E-state index is 12.3. The van der Waals surface area contributed by atoms with Crippen LogP contribution in [0.25, 0.3) is 0 Å². The first-order valence-corrected chi connectivity index (χ1v) is 4.21. The van der Waals surface area contributed by atoms with Crippen molar-refractivity contribution in [3.63, 3.8) is 0 Å². The molecule has 0 aromatic rings. The van der Waals surface area contributed by atoms with Crippen molar-refractivity contribution in [2.24, 2.45) is 0 Å². The van der Waals surface area contributed by atoms with Gasteiger partial charge >= 0.3 is 12.1 Å². The molecular formula is C8H11F5O. The van der Waals surface area contributed by atoms with E-state index in [2.05, 4.69) is 0 Å². The monoisotopic (exact) mass is 218 g/mol. The van der Waals surface area contributed by atoms with Gasteiger partial charge in [-0.1, -0.05) is 19.8 Å². The maximum Gasteiger partial charge on any atom is 0.461 e. The van der Waals surface area contributed by atoms with Crippen molar-refractivity contribution in [1.82, 2.24) is 0 Å². The quantitative estimate of drug-likeness (QED) is 0.511. The Kier molecular flexibility index (Phi) is 4.48. The summed E-state index contributed by atoms with van der Waals surface area (Å²) in [5.41, 5.74) is 0. The Morgan fingerprint density at radius 3 is 1.93 bits per heavy atom. The van der Waals surface area contributed by atoms with Gasteiger partial charge in [-0.3, -0.25) is 4.79 Å². The summed E-state index contributed by atoms with van der Waals surface area (Å²) in [5.74, 6) is -7.24. The predicted molar refractivity (Wildman–Crippen MR) is 40.2 cm³/mol. The van der Waals surface area contributed by atoms with Gasteiger partial charge in [-0.05, 0) is 6.42 Å². The predicted octanol–water partition coefficient (Wildman–Crippen LogP) is 3.33. The van der Waals surface area contributed by atoms with E-state index in [-0.39, 0.29) is 6.42 Å². The van der Waals surface area contributed by atoms with Crippen molar-refractivity contribution < 1.29 is 26.7 Å². The number of carbonyl (C=O) groups excluding carboxylic acids is 1. The van der Waals surface area contributed by atoms with E-state index >= 15 is 0 Å². The molecule has 0 spiro atoms. The topological polar surface area (TPSA) is 17.1 Å². The number of Topliss-reactive ketones (excluding diaryl/α,β-unsaturated/α-hetero) is 1. The number of rotatable bonds is 5. The van der Waals surface area contributed by atoms with E-state index < -0.39 is 24.3 Å². The minimum absolute atomic E-state index is 0.0704. The van der Waals surface area contributed by atoms with Gasteiger partial charge in [0.1, 0.15) is 0 Å². The van der Waals surface area contributed by atoms with Gasteiger partial charge in [-0.25, -0.2) is 0 Å². The average Bonchev–Trinajstić information content (AvgIpc) is 2.02. The van der Waals surface area contributed by atoms with Crippen molar-refractivity contribution in [3.05, 3.63) is 0 Å². The standard InChI is InChI=1S/C8H11F5O/c1-2-3-4-5-6(14)7(9,10)8(11,12)13/h2-5H2,1H3. The van der Waals surface area contributed by atoms with Crippen LogP contribution in [0, 0.1) is 0 Å². The summed E-state index contributed by atoms with van der Waals surface area (Å²) in [6, 6.07) is 0. The van der Waals surface area contributed by atoms with Gasteiger partial charge in [0, 0.05) is 6.42 Å². The molecule has 0 saturated heterocycles. The van der Waals surface area contributed by atoms with Gasteiger partial charge in [-0.15, -0.1) is 0 Å². The number of hydrogen-bond acceptors (Lipinski definition) is 1. The first kappa shape index (κ1) is 13.3. The molecule has 0 saturated carbocycles. The smallest absolute Gasteiger partial charge is 0.293 e. The highest BCUT2D eigenvalue weighted by Crippen LogP contribution is 2.37. The lowest BCUT2D eigenvalue weighted by Crippen LogP contribution is -2.43. The fourth-order valence-corrected chi connectivity index (χ4v) is 0.851. The second-order valence-corrected chi connectivity index (χ2v) is 2.95. The Balaban J connectivity index is 4.23. The Labute approximate surface area is 78.3 Å². The third-order valence-electron chi connectivity index (χ3n) is 1.71. The average molecular weight is 218 g/mol. The van der Waals surface area contributed by atoms with Gasteiger partial charge in [0.2, 0.25) is 5.78 Å². The van der Waals surface area contributed by atoms with Crippen molar-refractivity contribution in [1.29, 1.82) is 0 Å². The van der Waals surface area contributed by atoms with E-state index in [9.17, 15) is 26.7 Å². The lowest BCUT2D eigenvalue weighted by Gasteiger charge is -2.17. The zero-order chi connectivity index (χ0) is 11.4. The number of carbonyl (C=O) groups is 1. The van der Waals surface area contributed by atoms with Crippen LogP contribution in [-0.4, -0.2) is 17.9 Å². The Hall–Kier alpha value is -0.680. The highest BCUT2D eigenvalue weighted by atomic mass is 19.4. The number of alkyl halides is 5. The molecular weight excluding hydrogens is 207 g/mol. The molecule has 0 radical (unpaired) electrons. The number of hydrogen-bond donors (Lipinski definition) is 0. The van der Waals surface area contributed by atoms with Crippen molar-refractivity contribution in [3.8, 4) is 0 Å². The van der Waals surface area contributed by atoms with Crippen LogP contribution in [0.1, 0.15) is 32.6 Å². The van der Waals surface area contributed by atoms with E-state index in [1.807, 2.05) is 0 Å². The molecule has 0 fully saturated rings. The van der Waals surface area contributed by atoms with Gasteiger partial charge in [0.15, 0.2) is 0 Å². The second-order valence-electron chi connectivity index (χ2n) is 2.95. The fraction of sp³-hybridized carbons (Fsp3) is 0.875. The molecule has 84 valence electrons. The number of ketones is 1. The van der Waals surface area contributed by atoms with Crippen LogP contribution in [-0.2, 0) is 4.79 Å². The molecule has 0 aromatic heterocycles. The summed E-state index contributed by atoms with van der Waals surface area (Å²) < 4.78 is 59.4. The lowest BCUT2D eigenvalue weighted by molar-refractivity contribution is -0.268. The van der Waals surface area contributed by atoms with Gasteiger partial charge in [0.05, 0.1) is 0 Å². The number of halogens is 5. The third-order valence-corrected chi connectivity index (χ3v) is 1.71. The summed E-state index contributed by atoms with van der Waals surface area (Å²) in [4.78, 5) is 10.5. The van der Waals surface area contributed by atoms with Crippen LogP contribution >= 0.6 is 0 Å². The van der Waals surface area contributed by atoms with Crippen LogP contribution in [0.5, 0.6) is 0 Å². The van der Waals surface area contributed by atoms with E-state index in [0.29, 0.717) is 12.8 Å². The molecule has 1 nitrogen and oxygen atoms in total. The van der Waals surface area contributed by atoms with Gasteiger partial charge in [-0.2, -0.15) is 22.0 Å². The molecule has 0 unspecified atom stereocenters. The van der Waals surface area contributed by atoms with E-state index in [1.54, 1.807) is 6.92 Å². The van der Waals surface area contributed by atoms with Crippen molar-refractivity contribution >= 4 is 5.78 Å². The van der Waals surface area contributed by atoms with Crippen LogP contribution < -0.4 is 0 Å². The minimum atomic E-state index is -5.77. The van der Waals surface area contributed by atoms with Crippen molar-refractivity contribution in [2.75, 3.05) is 0 Å². The maximum absolute atomic E-state index is 12.3. The largest absolute Gasteiger partial charge is 0.461 e. The van der Waals surface area contributed by atoms with Crippen molar-refractivity contribution in [2.45, 2.75) is 44.7 Å². The SMILES string of the molecule is CCCCCC(=O)C(F)(F)C(F)(F)F. The van der Waals surface area contributed by atoms with E-state index in [0.717, 1.165) is 0 Å².